The molecule has 0 heterocycles. The van der Waals surface area contributed by atoms with Gasteiger partial charge in [0.25, 0.3) is 0 Å². The molecule has 2 aromatic carbocycles. The Hall–Kier alpha value is -2.03. The topological polar surface area (TPSA) is 76.7 Å². The van der Waals surface area contributed by atoms with Crippen LogP contribution in [0.1, 0.15) is 6.92 Å². The number of amides is 2. The molecular formula is C19H21BrN2O4S. The molecule has 0 aliphatic carbocycles. The van der Waals surface area contributed by atoms with Crippen LogP contribution >= 0.6 is 27.7 Å². The highest BCUT2D eigenvalue weighted by atomic mass is 79.9. The smallest absolute Gasteiger partial charge is 0.411 e. The number of thioether (sulfide) groups is 1. The largest absolute Gasteiger partial charge is 0.447 e. The first-order valence-corrected chi connectivity index (χ1v) is 9.91. The van der Waals surface area contributed by atoms with Crippen molar-refractivity contribution in [3.63, 3.8) is 0 Å². The molecule has 0 aliphatic rings. The highest BCUT2D eigenvalue weighted by molar-refractivity contribution is 9.10. The highest BCUT2D eigenvalue weighted by Gasteiger charge is 2.15. The average molecular weight is 453 g/mol. The maximum atomic E-state index is 12.4. The minimum absolute atomic E-state index is 0.122. The van der Waals surface area contributed by atoms with E-state index in [4.69, 9.17) is 9.47 Å². The molecule has 144 valence electrons. The van der Waals surface area contributed by atoms with Gasteiger partial charge >= 0.3 is 6.09 Å². The van der Waals surface area contributed by atoms with Gasteiger partial charge in [0.2, 0.25) is 5.91 Å². The van der Waals surface area contributed by atoms with Crippen molar-refractivity contribution in [2.24, 2.45) is 0 Å². The number of nitrogens with one attached hydrogen (secondary N) is 2. The Kier molecular flexibility index (Phi) is 8.63. The molecule has 0 fully saturated rings. The summed E-state index contributed by atoms with van der Waals surface area (Å²) in [5.74, 6) is -0.122. The van der Waals surface area contributed by atoms with Gasteiger partial charge in [-0.1, -0.05) is 22.0 Å². The molecule has 0 saturated carbocycles. The normalized spacial score (nSPS) is 11.5. The Morgan fingerprint density at radius 1 is 1.07 bits per heavy atom. The van der Waals surface area contributed by atoms with Crippen molar-refractivity contribution in [1.29, 1.82) is 0 Å². The number of benzene rings is 2. The predicted molar refractivity (Wildman–Crippen MR) is 111 cm³/mol. The van der Waals surface area contributed by atoms with Crippen LogP contribution in [-0.4, -0.2) is 37.6 Å². The van der Waals surface area contributed by atoms with Gasteiger partial charge in [0.05, 0.1) is 11.9 Å². The van der Waals surface area contributed by atoms with Crippen LogP contribution in [-0.2, 0) is 14.3 Å². The minimum atomic E-state index is -0.574. The van der Waals surface area contributed by atoms with Crippen molar-refractivity contribution < 1.29 is 19.1 Å². The molecule has 0 bridgehead atoms. The lowest BCUT2D eigenvalue weighted by Gasteiger charge is -2.13. The molecular weight excluding hydrogens is 432 g/mol. The Balaban J connectivity index is 1.89. The number of hydrogen-bond donors (Lipinski definition) is 2. The van der Waals surface area contributed by atoms with Crippen LogP contribution in [0.2, 0.25) is 0 Å². The molecule has 1 unspecified atom stereocenters. The molecule has 6 nitrogen and oxygen atoms in total. The maximum absolute atomic E-state index is 12.4. The second kappa shape index (κ2) is 11.0. The summed E-state index contributed by atoms with van der Waals surface area (Å²) in [6.45, 7) is 2.35. The van der Waals surface area contributed by atoms with Gasteiger partial charge in [-0.3, -0.25) is 10.1 Å². The standard InChI is InChI=1S/C19H21BrN2O4S/c1-13(27-17-8-6-14(20)7-9-17)18(23)21-15-4-3-5-16(12-15)22-19(24)26-11-10-25-2/h3-9,12-13H,10-11H2,1-2H3,(H,21,23)(H,22,24). The molecule has 0 aliphatic heterocycles. The number of hydrogen-bond acceptors (Lipinski definition) is 5. The van der Waals surface area contributed by atoms with Crippen molar-refractivity contribution >= 4 is 51.1 Å². The molecule has 2 N–H and O–H groups in total. The van der Waals surface area contributed by atoms with Crippen molar-refractivity contribution in [2.45, 2.75) is 17.1 Å². The fraction of sp³-hybridized carbons (Fsp3) is 0.263. The second-order valence-corrected chi connectivity index (χ2v) is 7.87. The molecule has 27 heavy (non-hydrogen) atoms. The predicted octanol–water partition coefficient (Wildman–Crippen LogP) is 4.76. The zero-order chi connectivity index (χ0) is 19.6. The third-order valence-electron chi connectivity index (χ3n) is 3.39. The van der Waals surface area contributed by atoms with Gasteiger partial charge in [-0.25, -0.2) is 4.79 Å². The Labute approximate surface area is 171 Å². The van der Waals surface area contributed by atoms with Gasteiger partial charge in [-0.15, -0.1) is 11.8 Å². The molecule has 2 rings (SSSR count). The fourth-order valence-electron chi connectivity index (χ4n) is 2.06. The molecule has 0 saturated heterocycles. The zero-order valence-corrected chi connectivity index (χ0v) is 17.4. The monoisotopic (exact) mass is 452 g/mol. The minimum Gasteiger partial charge on any atom is -0.447 e. The lowest BCUT2D eigenvalue weighted by molar-refractivity contribution is -0.115. The third-order valence-corrected chi connectivity index (χ3v) is 5.03. The van der Waals surface area contributed by atoms with Gasteiger partial charge < -0.3 is 14.8 Å². The first kappa shape index (κ1) is 21.3. The molecule has 2 amide bonds. The van der Waals surface area contributed by atoms with Crippen molar-refractivity contribution in [3.8, 4) is 0 Å². The summed E-state index contributed by atoms with van der Waals surface area (Å²) in [6, 6.07) is 14.7. The number of anilines is 2. The Bertz CT molecular complexity index is 771. The van der Waals surface area contributed by atoms with E-state index in [0.29, 0.717) is 18.0 Å². The van der Waals surface area contributed by atoms with E-state index < -0.39 is 6.09 Å². The van der Waals surface area contributed by atoms with E-state index in [-0.39, 0.29) is 17.8 Å². The van der Waals surface area contributed by atoms with E-state index >= 15 is 0 Å². The van der Waals surface area contributed by atoms with Crippen LogP contribution in [0.15, 0.2) is 57.9 Å². The molecule has 1 atom stereocenters. The number of ether oxygens (including phenoxy) is 2. The summed E-state index contributed by atoms with van der Waals surface area (Å²) in [5, 5.41) is 5.19. The summed E-state index contributed by atoms with van der Waals surface area (Å²) in [4.78, 5) is 25.1. The van der Waals surface area contributed by atoms with Gasteiger partial charge in [0.1, 0.15) is 6.61 Å². The SMILES string of the molecule is COCCOC(=O)Nc1cccc(NC(=O)C(C)Sc2ccc(Br)cc2)c1. The number of rotatable bonds is 8. The molecule has 0 spiro atoms. The Morgan fingerprint density at radius 3 is 2.41 bits per heavy atom. The quantitative estimate of drug-likeness (QED) is 0.445. The highest BCUT2D eigenvalue weighted by Crippen LogP contribution is 2.26. The van der Waals surface area contributed by atoms with E-state index in [1.807, 2.05) is 31.2 Å². The first-order valence-electron chi connectivity index (χ1n) is 8.24. The number of halogens is 1. The van der Waals surface area contributed by atoms with E-state index in [2.05, 4.69) is 26.6 Å². The van der Waals surface area contributed by atoms with Gasteiger partial charge in [-0.05, 0) is 49.4 Å². The first-order chi connectivity index (χ1) is 13.0. The lowest BCUT2D eigenvalue weighted by Crippen LogP contribution is -2.22. The lowest BCUT2D eigenvalue weighted by atomic mass is 10.2. The summed E-state index contributed by atoms with van der Waals surface area (Å²) in [5.41, 5.74) is 1.13. The molecule has 0 radical (unpaired) electrons. The molecule has 0 aromatic heterocycles. The zero-order valence-electron chi connectivity index (χ0n) is 15.0. The van der Waals surface area contributed by atoms with E-state index in [0.717, 1.165) is 9.37 Å². The van der Waals surface area contributed by atoms with Crippen LogP contribution in [0.4, 0.5) is 16.2 Å². The summed E-state index contributed by atoms with van der Waals surface area (Å²) in [6.07, 6.45) is -0.574. The van der Waals surface area contributed by atoms with Crippen LogP contribution in [0, 0.1) is 0 Å². The second-order valence-electron chi connectivity index (χ2n) is 5.54. The molecule has 2 aromatic rings. The number of carbonyl (C=O) groups is 2. The summed E-state index contributed by atoms with van der Waals surface area (Å²) < 4.78 is 10.8. The van der Waals surface area contributed by atoms with Crippen LogP contribution in [0.3, 0.4) is 0 Å². The number of methoxy groups -OCH3 is 1. The summed E-state index contributed by atoms with van der Waals surface area (Å²) >= 11 is 4.86. The van der Waals surface area contributed by atoms with Crippen LogP contribution in [0.25, 0.3) is 0 Å². The van der Waals surface area contributed by atoms with Gasteiger partial charge in [0.15, 0.2) is 0 Å². The fourth-order valence-corrected chi connectivity index (χ4v) is 3.19. The third kappa shape index (κ3) is 7.62. The Morgan fingerprint density at radius 2 is 1.74 bits per heavy atom. The van der Waals surface area contributed by atoms with E-state index in [1.165, 1.54) is 18.9 Å². The summed E-state index contributed by atoms with van der Waals surface area (Å²) in [7, 11) is 1.53. The maximum Gasteiger partial charge on any atom is 0.411 e. The van der Waals surface area contributed by atoms with Crippen molar-refractivity contribution in [3.05, 3.63) is 53.0 Å². The van der Waals surface area contributed by atoms with Gasteiger partial charge in [-0.2, -0.15) is 0 Å². The molecule has 8 heteroatoms. The van der Waals surface area contributed by atoms with Crippen LogP contribution < -0.4 is 10.6 Å². The van der Waals surface area contributed by atoms with Crippen molar-refractivity contribution in [2.75, 3.05) is 31.0 Å². The number of carbonyl (C=O) groups excluding carboxylic acids is 2. The van der Waals surface area contributed by atoms with Gasteiger partial charge in [0, 0.05) is 27.9 Å². The van der Waals surface area contributed by atoms with Crippen molar-refractivity contribution in [1.82, 2.24) is 0 Å². The van der Waals surface area contributed by atoms with E-state index in [1.54, 1.807) is 24.3 Å². The average Bonchev–Trinajstić information content (AvgIpc) is 2.64. The van der Waals surface area contributed by atoms with Crippen LogP contribution in [0.5, 0.6) is 0 Å². The van der Waals surface area contributed by atoms with E-state index in [9.17, 15) is 9.59 Å².